The molecule has 1 aliphatic heterocycles. The number of nitrogens with zero attached hydrogens (tertiary/aromatic N) is 1. The number of nitrogens with one attached hydrogen (secondary N) is 1. The lowest BCUT2D eigenvalue weighted by Gasteiger charge is -2.33. The van der Waals surface area contributed by atoms with Crippen LogP contribution < -0.4 is 15.0 Å². The minimum absolute atomic E-state index is 0.00894. The Kier molecular flexibility index (Phi) is 6.06. The highest BCUT2D eigenvalue weighted by Gasteiger charge is 2.33. The molecule has 9 heteroatoms. The molecule has 2 aromatic rings. The van der Waals surface area contributed by atoms with E-state index in [-0.39, 0.29) is 23.0 Å². The lowest BCUT2D eigenvalue weighted by atomic mass is 10.1. The van der Waals surface area contributed by atoms with Crippen molar-refractivity contribution in [3.63, 3.8) is 0 Å². The van der Waals surface area contributed by atoms with Gasteiger partial charge < -0.3 is 19.7 Å². The molecule has 7 nitrogen and oxygen atoms in total. The van der Waals surface area contributed by atoms with Crippen molar-refractivity contribution in [1.29, 1.82) is 0 Å². The second-order valence-electron chi connectivity index (χ2n) is 5.89. The summed E-state index contributed by atoms with van der Waals surface area (Å²) < 4.78 is 10.7. The van der Waals surface area contributed by atoms with Crippen molar-refractivity contribution in [1.82, 2.24) is 5.32 Å². The molecule has 1 atom stereocenters. The average Bonchev–Trinajstić information content (AvgIpc) is 2.71. The van der Waals surface area contributed by atoms with Crippen molar-refractivity contribution >= 4 is 46.7 Å². The quantitative estimate of drug-likeness (QED) is 0.765. The van der Waals surface area contributed by atoms with Crippen LogP contribution in [0.3, 0.4) is 0 Å². The Morgan fingerprint density at radius 2 is 1.96 bits per heavy atom. The van der Waals surface area contributed by atoms with E-state index in [1.165, 1.54) is 30.1 Å². The van der Waals surface area contributed by atoms with E-state index in [9.17, 15) is 14.4 Å². The fraction of sp³-hybridized carbons (Fsp3) is 0.211. The molecule has 0 bridgehead atoms. The second kappa shape index (κ2) is 8.50. The summed E-state index contributed by atoms with van der Waals surface area (Å²) in [5.41, 5.74) is 0.553. The maximum absolute atomic E-state index is 12.7. The minimum Gasteiger partial charge on any atom is -0.477 e. The van der Waals surface area contributed by atoms with E-state index in [1.807, 2.05) is 0 Å². The molecule has 28 heavy (non-hydrogen) atoms. The van der Waals surface area contributed by atoms with E-state index < -0.39 is 24.6 Å². The standard InChI is InChI=1S/C19H16Cl2N2O5/c1-22-18(25)16-9-23(14-4-2-3-5-15(14)28-16)17(24)10-27-19(26)12-8-11(20)6-7-13(12)21/h2-8,16H,9-10H2,1H3,(H,22,25). The lowest BCUT2D eigenvalue weighted by Crippen LogP contribution is -2.51. The van der Waals surface area contributed by atoms with Crippen LogP contribution in [-0.4, -0.2) is 44.1 Å². The highest BCUT2D eigenvalue weighted by Crippen LogP contribution is 2.33. The molecule has 0 aliphatic carbocycles. The number of amides is 2. The Labute approximate surface area is 171 Å². The second-order valence-corrected chi connectivity index (χ2v) is 6.74. The average molecular weight is 423 g/mol. The van der Waals surface area contributed by atoms with Crippen LogP contribution in [0.25, 0.3) is 0 Å². The molecule has 0 fully saturated rings. The molecule has 1 aliphatic rings. The zero-order valence-electron chi connectivity index (χ0n) is 14.8. The fourth-order valence-corrected chi connectivity index (χ4v) is 3.07. The van der Waals surface area contributed by atoms with Gasteiger partial charge >= 0.3 is 5.97 Å². The maximum Gasteiger partial charge on any atom is 0.340 e. The van der Waals surface area contributed by atoms with E-state index in [4.69, 9.17) is 32.7 Å². The number of benzene rings is 2. The summed E-state index contributed by atoms with van der Waals surface area (Å²) in [5, 5.41) is 2.98. The summed E-state index contributed by atoms with van der Waals surface area (Å²) in [5.74, 6) is -1.25. The van der Waals surface area contributed by atoms with Crippen molar-refractivity contribution in [2.24, 2.45) is 0 Å². The number of carbonyl (C=O) groups is 3. The first-order valence-corrected chi connectivity index (χ1v) is 9.06. The molecule has 1 N–H and O–H groups in total. The summed E-state index contributed by atoms with van der Waals surface area (Å²) >= 11 is 11.8. The van der Waals surface area contributed by atoms with Crippen LogP contribution in [0.2, 0.25) is 10.0 Å². The SMILES string of the molecule is CNC(=O)C1CN(C(=O)COC(=O)c2cc(Cl)ccc2Cl)c2ccccc2O1. The van der Waals surface area contributed by atoms with Gasteiger partial charge in [-0.3, -0.25) is 9.59 Å². The third-order valence-corrected chi connectivity index (χ3v) is 4.65. The van der Waals surface area contributed by atoms with Gasteiger partial charge in [0, 0.05) is 12.1 Å². The van der Waals surface area contributed by atoms with Gasteiger partial charge in [-0.1, -0.05) is 35.3 Å². The number of hydrogen-bond donors (Lipinski definition) is 1. The first-order chi connectivity index (χ1) is 13.4. The number of rotatable bonds is 4. The molecule has 1 unspecified atom stereocenters. The maximum atomic E-state index is 12.7. The van der Waals surface area contributed by atoms with Gasteiger partial charge in [-0.15, -0.1) is 0 Å². The number of fused-ring (bicyclic) bond motifs is 1. The van der Waals surface area contributed by atoms with Crippen molar-refractivity contribution < 1.29 is 23.9 Å². The summed E-state index contributed by atoms with van der Waals surface area (Å²) in [6.45, 7) is -0.540. The van der Waals surface area contributed by atoms with E-state index in [0.29, 0.717) is 16.5 Å². The number of para-hydroxylation sites is 2. The molecule has 3 rings (SSSR count). The van der Waals surface area contributed by atoms with Crippen LogP contribution in [0.5, 0.6) is 5.75 Å². The zero-order chi connectivity index (χ0) is 20.3. The molecule has 146 valence electrons. The lowest BCUT2D eigenvalue weighted by molar-refractivity contribution is -0.128. The third kappa shape index (κ3) is 4.21. The number of halogens is 2. The van der Waals surface area contributed by atoms with Crippen LogP contribution in [0.15, 0.2) is 42.5 Å². The molecule has 1 heterocycles. The van der Waals surface area contributed by atoms with Gasteiger partial charge in [-0.2, -0.15) is 0 Å². The van der Waals surface area contributed by atoms with Gasteiger partial charge in [0.15, 0.2) is 12.7 Å². The van der Waals surface area contributed by atoms with E-state index in [0.717, 1.165) is 0 Å². The summed E-state index contributed by atoms with van der Waals surface area (Å²) in [7, 11) is 1.48. The van der Waals surface area contributed by atoms with Gasteiger partial charge in [0.1, 0.15) is 5.75 Å². The Morgan fingerprint density at radius 1 is 1.21 bits per heavy atom. The molecule has 2 amide bonds. The molecule has 0 saturated carbocycles. The number of anilines is 1. The Hall–Kier alpha value is -2.77. The van der Waals surface area contributed by atoms with Crippen molar-refractivity contribution in [3.05, 3.63) is 58.1 Å². The van der Waals surface area contributed by atoms with Gasteiger partial charge in [-0.05, 0) is 30.3 Å². The monoisotopic (exact) mass is 422 g/mol. The predicted molar refractivity (Wildman–Crippen MR) is 104 cm³/mol. The number of hydrogen-bond acceptors (Lipinski definition) is 5. The highest BCUT2D eigenvalue weighted by atomic mass is 35.5. The van der Waals surface area contributed by atoms with Crippen LogP contribution in [0.4, 0.5) is 5.69 Å². The van der Waals surface area contributed by atoms with Crippen LogP contribution in [0, 0.1) is 0 Å². The third-order valence-electron chi connectivity index (χ3n) is 4.09. The summed E-state index contributed by atoms with van der Waals surface area (Å²) in [6.07, 6.45) is -0.873. The van der Waals surface area contributed by atoms with E-state index in [2.05, 4.69) is 5.32 Å². The summed E-state index contributed by atoms with van der Waals surface area (Å²) in [4.78, 5) is 38.3. The van der Waals surface area contributed by atoms with Crippen molar-refractivity contribution in [3.8, 4) is 5.75 Å². The number of likely N-dealkylation sites (N-methyl/N-ethyl adjacent to an activating group) is 1. The smallest absolute Gasteiger partial charge is 0.340 e. The summed E-state index contributed by atoms with van der Waals surface area (Å²) in [6, 6.07) is 11.2. The van der Waals surface area contributed by atoms with Gasteiger partial charge in [0.05, 0.1) is 22.8 Å². The Balaban J connectivity index is 1.75. The van der Waals surface area contributed by atoms with Crippen molar-refractivity contribution in [2.75, 3.05) is 25.1 Å². The number of carbonyl (C=O) groups excluding carboxylic acids is 3. The Morgan fingerprint density at radius 3 is 2.71 bits per heavy atom. The molecule has 0 saturated heterocycles. The van der Waals surface area contributed by atoms with Gasteiger partial charge in [-0.25, -0.2) is 4.79 Å². The minimum atomic E-state index is -0.873. The largest absolute Gasteiger partial charge is 0.477 e. The molecular formula is C19H16Cl2N2O5. The molecule has 0 radical (unpaired) electrons. The predicted octanol–water partition coefficient (Wildman–Crippen LogP) is 2.69. The van der Waals surface area contributed by atoms with Crippen LogP contribution in [0.1, 0.15) is 10.4 Å². The van der Waals surface area contributed by atoms with Crippen LogP contribution in [-0.2, 0) is 14.3 Å². The molecule has 2 aromatic carbocycles. The van der Waals surface area contributed by atoms with E-state index >= 15 is 0 Å². The molecule has 0 spiro atoms. The highest BCUT2D eigenvalue weighted by molar-refractivity contribution is 6.35. The van der Waals surface area contributed by atoms with Crippen molar-refractivity contribution in [2.45, 2.75) is 6.10 Å². The normalized spacial score (nSPS) is 15.2. The number of ether oxygens (including phenoxy) is 2. The first-order valence-electron chi connectivity index (χ1n) is 8.30. The van der Waals surface area contributed by atoms with Gasteiger partial charge in [0.2, 0.25) is 0 Å². The first kappa shape index (κ1) is 20.0. The van der Waals surface area contributed by atoms with E-state index in [1.54, 1.807) is 24.3 Å². The molecular weight excluding hydrogens is 407 g/mol. The fourth-order valence-electron chi connectivity index (χ4n) is 2.70. The number of esters is 1. The zero-order valence-corrected chi connectivity index (χ0v) is 16.3. The molecule has 0 aromatic heterocycles. The topological polar surface area (TPSA) is 84.9 Å². The van der Waals surface area contributed by atoms with Gasteiger partial charge in [0.25, 0.3) is 11.8 Å². The van der Waals surface area contributed by atoms with Crippen LogP contribution >= 0.6 is 23.2 Å². The Bertz CT molecular complexity index is 934.